The first kappa shape index (κ1) is 52.2. The number of hydrogen-bond acceptors (Lipinski definition) is 12. The van der Waals surface area contributed by atoms with Crippen molar-refractivity contribution in [2.75, 3.05) is 44.2 Å². The highest BCUT2D eigenvalue weighted by molar-refractivity contribution is 7.13. The van der Waals surface area contributed by atoms with E-state index in [0.29, 0.717) is 28.3 Å². The molecule has 0 unspecified atom stereocenters. The molecule has 1 saturated carbocycles. The topological polar surface area (TPSA) is 193 Å². The van der Waals surface area contributed by atoms with Gasteiger partial charge < -0.3 is 35.6 Å². The molecular formula is C53H68ClN9O6S. The zero-order valence-electron chi connectivity index (χ0n) is 41.8. The van der Waals surface area contributed by atoms with Gasteiger partial charge in [0, 0.05) is 74.7 Å². The summed E-state index contributed by atoms with van der Waals surface area (Å²) in [5.41, 5.74) is 4.19. The van der Waals surface area contributed by atoms with Crippen molar-refractivity contribution in [2.24, 2.45) is 16.2 Å². The van der Waals surface area contributed by atoms with Gasteiger partial charge in [0.25, 0.3) is 5.91 Å². The molecule has 2 saturated heterocycles. The minimum Gasteiger partial charge on any atom is -0.489 e. The number of aromatic nitrogens is 2. The molecule has 7 rings (SSSR count). The van der Waals surface area contributed by atoms with Crippen LogP contribution in [0.2, 0.25) is 5.02 Å². The molecular weight excluding hydrogens is 926 g/mol. The molecule has 4 atom stereocenters. The first-order valence-electron chi connectivity index (χ1n) is 24.3. The second-order valence-corrected chi connectivity index (χ2v) is 22.6. The number of ether oxygens (including phenoxy) is 1. The molecule has 4 amide bonds. The first-order valence-corrected chi connectivity index (χ1v) is 25.5. The van der Waals surface area contributed by atoms with Crippen LogP contribution in [0.3, 0.4) is 0 Å². The molecule has 4 N–H and O–H groups in total. The van der Waals surface area contributed by atoms with E-state index in [-0.39, 0.29) is 61.2 Å². The lowest BCUT2D eigenvalue weighted by atomic mass is 9.49. The molecule has 17 heteroatoms. The summed E-state index contributed by atoms with van der Waals surface area (Å²) in [6, 6.07) is 16.5. The summed E-state index contributed by atoms with van der Waals surface area (Å²) in [4.78, 5) is 70.9. The summed E-state index contributed by atoms with van der Waals surface area (Å²) < 4.78 is 6.38. The van der Waals surface area contributed by atoms with Crippen molar-refractivity contribution in [3.05, 3.63) is 93.7 Å². The van der Waals surface area contributed by atoms with Gasteiger partial charge in [0.2, 0.25) is 17.7 Å². The first-order chi connectivity index (χ1) is 33.1. The van der Waals surface area contributed by atoms with Gasteiger partial charge in [-0.15, -0.1) is 11.3 Å². The predicted octanol–water partition coefficient (Wildman–Crippen LogP) is 7.31. The lowest BCUT2D eigenvalue weighted by molar-refractivity contribution is -0.164. The van der Waals surface area contributed by atoms with Crippen molar-refractivity contribution in [3.8, 4) is 22.3 Å². The lowest BCUT2D eigenvalue weighted by Gasteiger charge is -2.63. The van der Waals surface area contributed by atoms with Crippen LogP contribution in [0.5, 0.6) is 5.75 Å². The van der Waals surface area contributed by atoms with E-state index in [1.165, 1.54) is 4.90 Å². The molecule has 2 aliphatic heterocycles. The summed E-state index contributed by atoms with van der Waals surface area (Å²) in [6.45, 7) is 21.9. The smallest absolute Gasteiger partial charge is 0.253 e. The van der Waals surface area contributed by atoms with E-state index in [0.717, 1.165) is 66.7 Å². The fourth-order valence-corrected chi connectivity index (χ4v) is 11.6. The number of anilines is 1. The number of rotatable bonds is 16. The fraction of sp³-hybridized carbons (Fsp3) is 0.528. The van der Waals surface area contributed by atoms with Crippen LogP contribution >= 0.6 is 22.9 Å². The third-order valence-electron chi connectivity index (χ3n) is 14.3. The number of halogens is 1. The van der Waals surface area contributed by atoms with Crippen molar-refractivity contribution in [1.29, 1.82) is 5.26 Å². The number of pyridine rings is 1. The predicted molar refractivity (Wildman–Crippen MR) is 272 cm³/mol. The third-order valence-corrected chi connectivity index (χ3v) is 15.6. The number of carbonyl (C=O) groups is 4. The van der Waals surface area contributed by atoms with Gasteiger partial charge >= 0.3 is 0 Å². The van der Waals surface area contributed by atoms with Crippen LogP contribution in [0.15, 0.2) is 66.3 Å². The van der Waals surface area contributed by atoms with Gasteiger partial charge in [0.15, 0.2) is 0 Å². The van der Waals surface area contributed by atoms with E-state index in [9.17, 15) is 29.5 Å². The molecule has 15 nitrogen and oxygen atoms in total. The van der Waals surface area contributed by atoms with Gasteiger partial charge in [-0.2, -0.15) is 5.26 Å². The summed E-state index contributed by atoms with van der Waals surface area (Å²) in [5, 5.41) is 29.5. The van der Waals surface area contributed by atoms with Gasteiger partial charge in [0.1, 0.15) is 35.8 Å². The van der Waals surface area contributed by atoms with E-state index >= 15 is 0 Å². The SMILES string of the molecule is Cc1ncsc1-c1ccc([C@H](C)NC(=O)[C@H]2C[C@@H](O)CN2C(=O)[C@@H](NC(=O)CCCCN2CCN(c3ccc(C(=O)N[C@H]4C(C)(C)[C@H](Oc5ccc(C#N)c(Cl)c5)C4(C)C)cn3)CC2)C(C)(C)C)cc1. The molecule has 0 bridgehead atoms. The van der Waals surface area contributed by atoms with Crippen LogP contribution < -0.4 is 25.6 Å². The number of β-amino-alcohol motifs (C(OH)–C–C–N with tert-alkyl or cyclic N) is 1. The zero-order chi connectivity index (χ0) is 50.7. The number of aryl methyl sites for hydroxylation is 1. The Labute approximate surface area is 421 Å². The Kier molecular flexibility index (Phi) is 16.0. The van der Waals surface area contributed by atoms with Crippen LogP contribution in [0.25, 0.3) is 10.4 Å². The Balaban J connectivity index is 0.831. The van der Waals surface area contributed by atoms with E-state index in [4.69, 9.17) is 16.3 Å². The molecule has 2 aromatic heterocycles. The van der Waals surface area contributed by atoms with Crippen LogP contribution in [-0.2, 0) is 14.4 Å². The second kappa shape index (κ2) is 21.4. The quantitative estimate of drug-likeness (QED) is 0.0823. The van der Waals surface area contributed by atoms with Crippen molar-refractivity contribution >= 4 is 52.4 Å². The molecule has 0 spiro atoms. The van der Waals surface area contributed by atoms with E-state index in [1.807, 2.05) is 76.5 Å². The Morgan fingerprint density at radius 2 is 1.67 bits per heavy atom. The number of nitriles is 1. The van der Waals surface area contributed by atoms with Gasteiger partial charge in [-0.25, -0.2) is 9.97 Å². The van der Waals surface area contributed by atoms with Crippen molar-refractivity contribution in [3.63, 3.8) is 0 Å². The number of aliphatic hydroxyl groups excluding tert-OH is 1. The van der Waals surface area contributed by atoms with E-state index < -0.39 is 34.4 Å². The molecule has 70 heavy (non-hydrogen) atoms. The molecule has 4 aromatic rings. The maximum absolute atomic E-state index is 14.2. The van der Waals surface area contributed by atoms with Crippen LogP contribution in [-0.4, -0.2) is 118 Å². The normalized spacial score (nSPS) is 21.7. The minimum atomic E-state index is -0.886. The number of likely N-dealkylation sites (tertiary alicyclic amines) is 1. The number of unbranched alkanes of at least 4 members (excludes halogenated alkanes) is 1. The molecule has 374 valence electrons. The summed E-state index contributed by atoms with van der Waals surface area (Å²) >= 11 is 7.84. The van der Waals surface area contributed by atoms with E-state index in [2.05, 4.69) is 69.5 Å². The Morgan fingerprint density at radius 3 is 2.27 bits per heavy atom. The summed E-state index contributed by atoms with van der Waals surface area (Å²) in [6.07, 6.45) is 2.39. The molecule has 1 aliphatic carbocycles. The number of hydrogen-bond donors (Lipinski definition) is 4. The number of amides is 4. The Morgan fingerprint density at radius 1 is 0.971 bits per heavy atom. The van der Waals surface area contributed by atoms with Crippen LogP contribution in [0, 0.1) is 34.5 Å². The number of piperazine rings is 1. The largest absolute Gasteiger partial charge is 0.489 e. The maximum Gasteiger partial charge on any atom is 0.253 e. The molecule has 2 aromatic carbocycles. The number of nitrogens with one attached hydrogen (secondary N) is 3. The molecule has 3 aliphatic rings. The van der Waals surface area contributed by atoms with Crippen molar-refractivity contribution in [1.82, 2.24) is 35.7 Å². The highest BCUT2D eigenvalue weighted by Crippen LogP contribution is 2.55. The Bertz CT molecular complexity index is 2550. The highest BCUT2D eigenvalue weighted by atomic mass is 35.5. The minimum absolute atomic E-state index is 0.0123. The lowest BCUT2D eigenvalue weighted by Crippen LogP contribution is -2.74. The zero-order valence-corrected chi connectivity index (χ0v) is 43.4. The monoisotopic (exact) mass is 993 g/mol. The van der Waals surface area contributed by atoms with Gasteiger partial charge in [-0.05, 0) is 74.0 Å². The summed E-state index contributed by atoms with van der Waals surface area (Å²) in [5.74, 6) is 0.238. The second-order valence-electron chi connectivity index (χ2n) is 21.4. The number of thiazole rings is 1. The van der Waals surface area contributed by atoms with Gasteiger partial charge in [-0.1, -0.05) is 84.3 Å². The van der Waals surface area contributed by atoms with Crippen molar-refractivity contribution < 1.29 is 29.0 Å². The Hall–Kier alpha value is -5.60. The molecule has 3 fully saturated rings. The van der Waals surface area contributed by atoms with Crippen LogP contribution in [0.4, 0.5) is 5.82 Å². The maximum atomic E-state index is 14.2. The standard InChI is InChI=1S/C53H68ClN9O6S/c1-32(34-13-15-35(16-14-34)44-33(2)57-31-70-44)58-47(67)41-26-38(64)30-63(41)48(68)45(51(3,4)5)59-43(65)12-10-11-21-61-22-24-62(25-23-61)42-20-18-37(29-56-42)46(66)60-49-52(6,7)50(53(49,8)9)69-39-19-17-36(28-55)40(54)27-39/h13-20,27,29,31-32,38,41,45,49-50,64H,10-12,21-26,30H2,1-9H3,(H,58,67)(H,59,65)(H,60,66)/t32-,38+,41+,45+,49-,50-/m0/s1. The number of carbonyl (C=O) groups excluding carboxylic acids is 4. The number of aliphatic hydroxyl groups is 1. The molecule has 0 radical (unpaired) electrons. The number of nitrogens with zero attached hydrogens (tertiary/aromatic N) is 6. The van der Waals surface area contributed by atoms with Gasteiger partial charge in [0.05, 0.1) is 44.4 Å². The average Bonchev–Trinajstić information content (AvgIpc) is 3.95. The fourth-order valence-electron chi connectivity index (χ4n) is 10.6. The number of benzene rings is 2. The average molecular weight is 995 g/mol. The summed E-state index contributed by atoms with van der Waals surface area (Å²) in [7, 11) is 0. The van der Waals surface area contributed by atoms with Crippen molar-refractivity contribution in [2.45, 2.75) is 124 Å². The molecule has 4 heterocycles. The van der Waals surface area contributed by atoms with Gasteiger partial charge in [-0.3, -0.25) is 24.1 Å². The highest BCUT2D eigenvalue weighted by Gasteiger charge is 2.64. The van der Waals surface area contributed by atoms with Crippen LogP contribution in [0.1, 0.15) is 114 Å². The van der Waals surface area contributed by atoms with E-state index in [1.54, 1.807) is 35.7 Å². The third kappa shape index (κ3) is 11.6.